The maximum Gasteiger partial charge on any atom is 0.161 e. The summed E-state index contributed by atoms with van der Waals surface area (Å²) in [6.07, 6.45) is -3.85. The van der Waals surface area contributed by atoms with Gasteiger partial charge in [-0.3, -0.25) is 0 Å². The van der Waals surface area contributed by atoms with Crippen LogP contribution < -0.4 is 10.6 Å². The molecule has 10 nitrogen and oxygen atoms in total. The summed E-state index contributed by atoms with van der Waals surface area (Å²) < 4.78 is 40.4. The lowest BCUT2D eigenvalue weighted by Gasteiger charge is -2.52. The lowest BCUT2D eigenvalue weighted by atomic mass is 9.77. The predicted octanol–water partition coefficient (Wildman–Crippen LogP) is 6.05. The van der Waals surface area contributed by atoms with Crippen molar-refractivity contribution in [1.82, 2.24) is 0 Å². The van der Waals surface area contributed by atoms with Crippen LogP contribution in [0.1, 0.15) is 107 Å². The predicted molar refractivity (Wildman–Crippen MR) is 160 cm³/mol. The average Bonchev–Trinajstić information content (AvgIpc) is 2.77. The highest BCUT2D eigenvalue weighted by Crippen LogP contribution is 2.44. The van der Waals surface area contributed by atoms with Gasteiger partial charge in [-0.15, -0.1) is 0 Å². The van der Waals surface area contributed by atoms with Crippen molar-refractivity contribution in [3.8, 4) is 0 Å². The van der Waals surface area contributed by atoms with Crippen LogP contribution in [0.25, 0.3) is 0 Å². The Morgan fingerprint density at radius 1 is 0.732 bits per heavy atom. The highest BCUT2D eigenvalue weighted by molar-refractivity contribution is 5.67. The number of ether oxygens (including phenoxy) is 7. The van der Waals surface area contributed by atoms with E-state index in [0.29, 0.717) is 11.8 Å². The quantitative estimate of drug-likeness (QED) is 0.176. The van der Waals surface area contributed by atoms with Gasteiger partial charge in [-0.1, -0.05) is 20.8 Å². The van der Waals surface area contributed by atoms with Crippen LogP contribution in [0, 0.1) is 5.92 Å². The van der Waals surface area contributed by atoms with Crippen LogP contribution in [0.5, 0.6) is 0 Å². The molecule has 0 bridgehead atoms. The number of aliphatic hydroxyl groups is 1. The van der Waals surface area contributed by atoms with Crippen molar-refractivity contribution in [2.24, 2.45) is 5.92 Å². The zero-order valence-electron chi connectivity index (χ0n) is 27.5. The van der Waals surface area contributed by atoms with Gasteiger partial charge in [0.05, 0.1) is 0 Å². The minimum Gasteiger partial charge on any atom is -0.398 e. The van der Waals surface area contributed by atoms with E-state index in [0.717, 1.165) is 23.4 Å². The molecule has 0 aromatic heterocycles. The van der Waals surface area contributed by atoms with Gasteiger partial charge in [-0.25, -0.2) is 0 Å². The molecule has 1 aromatic carbocycles. The van der Waals surface area contributed by atoms with Crippen LogP contribution in [-0.2, 0) is 39.6 Å². The summed E-state index contributed by atoms with van der Waals surface area (Å²) in [5.74, 6) is 0.718. The fraction of sp³-hybridized carbons (Fsp3) is 0.806. The fourth-order valence-corrected chi connectivity index (χ4v) is 5.51. The molecule has 0 saturated carbocycles. The summed E-state index contributed by atoms with van der Waals surface area (Å²) in [7, 11) is 0. The minimum absolute atomic E-state index is 0.141. The van der Waals surface area contributed by atoms with Crippen LogP contribution in [-0.4, -0.2) is 60.9 Å². The standard InChI is InChI=1S/C31H56N2O8/c1-17(2)28-16-30-27(15-29(28)32)14-18(3)31(12,13)33(30)19(4)35-21(6)37-23(8)39-25(10)41-26(11)40-24(9)38-22(7)36-20(5)34/h15-26,34H,14,32H2,1-13H3. The SMILES string of the molecule is CC(O)OC(C)OC(C)OC(C)OC(C)OC(C)OC(C)OC(C)N1c2cc(C(C)C)c(N)cc2CC(C)C1(C)C. The van der Waals surface area contributed by atoms with Crippen LogP contribution in [0.3, 0.4) is 0 Å². The molecule has 0 aliphatic carbocycles. The Labute approximate surface area is 247 Å². The molecule has 9 atom stereocenters. The van der Waals surface area contributed by atoms with Crippen molar-refractivity contribution in [3.05, 3.63) is 23.3 Å². The molecule has 238 valence electrons. The Morgan fingerprint density at radius 3 is 1.56 bits per heavy atom. The third-order valence-corrected chi connectivity index (χ3v) is 7.58. The van der Waals surface area contributed by atoms with Gasteiger partial charge >= 0.3 is 0 Å². The first-order valence-corrected chi connectivity index (χ1v) is 14.9. The topological polar surface area (TPSA) is 114 Å². The number of rotatable bonds is 16. The van der Waals surface area contributed by atoms with Crippen LogP contribution in [0.2, 0.25) is 0 Å². The van der Waals surface area contributed by atoms with E-state index in [4.69, 9.17) is 38.9 Å². The van der Waals surface area contributed by atoms with Crippen molar-refractivity contribution in [2.45, 2.75) is 158 Å². The molecule has 1 aromatic rings. The average molecular weight is 585 g/mol. The number of nitrogen functional groups attached to an aromatic ring is 1. The zero-order chi connectivity index (χ0) is 31.2. The second-order valence-electron chi connectivity index (χ2n) is 12.0. The van der Waals surface area contributed by atoms with E-state index in [-0.39, 0.29) is 11.8 Å². The first-order valence-electron chi connectivity index (χ1n) is 14.9. The number of nitrogens with zero attached hydrogens (tertiary/aromatic N) is 1. The zero-order valence-corrected chi connectivity index (χ0v) is 27.5. The molecule has 0 spiro atoms. The van der Waals surface area contributed by atoms with Crippen LogP contribution >= 0.6 is 0 Å². The van der Waals surface area contributed by atoms with Crippen molar-refractivity contribution >= 4 is 11.4 Å². The Morgan fingerprint density at radius 2 is 1.15 bits per heavy atom. The summed E-state index contributed by atoms with van der Waals surface area (Å²) in [5.41, 5.74) is 10.7. The monoisotopic (exact) mass is 584 g/mol. The van der Waals surface area contributed by atoms with E-state index in [1.54, 1.807) is 34.6 Å². The molecule has 1 aliphatic heterocycles. The van der Waals surface area contributed by atoms with E-state index in [9.17, 15) is 5.11 Å². The summed E-state index contributed by atoms with van der Waals surface area (Å²) >= 11 is 0. The molecular weight excluding hydrogens is 528 g/mol. The molecule has 1 aliphatic rings. The third-order valence-electron chi connectivity index (χ3n) is 7.58. The smallest absolute Gasteiger partial charge is 0.161 e. The molecule has 3 N–H and O–H groups in total. The number of anilines is 2. The molecule has 10 heteroatoms. The highest BCUT2D eigenvalue weighted by atomic mass is 16.8. The summed E-state index contributed by atoms with van der Waals surface area (Å²) in [4.78, 5) is 2.36. The second-order valence-corrected chi connectivity index (χ2v) is 12.0. The van der Waals surface area contributed by atoms with E-state index in [2.05, 4.69) is 58.6 Å². The maximum atomic E-state index is 9.30. The largest absolute Gasteiger partial charge is 0.398 e. The number of hydrogen-bond donors (Lipinski definition) is 2. The molecule has 41 heavy (non-hydrogen) atoms. The Kier molecular flexibility index (Phi) is 13.3. The van der Waals surface area contributed by atoms with E-state index in [1.807, 2.05) is 6.92 Å². The van der Waals surface area contributed by atoms with Crippen molar-refractivity contribution < 1.29 is 38.3 Å². The van der Waals surface area contributed by atoms with E-state index < -0.39 is 44.0 Å². The number of fused-ring (bicyclic) bond motifs is 1. The Balaban J connectivity index is 1.95. The molecule has 0 saturated heterocycles. The van der Waals surface area contributed by atoms with Gasteiger partial charge in [-0.05, 0) is 111 Å². The molecule has 0 fully saturated rings. The van der Waals surface area contributed by atoms with Gasteiger partial charge in [0.2, 0.25) is 0 Å². The molecule has 2 rings (SSSR count). The summed E-state index contributed by atoms with van der Waals surface area (Å²) in [6.45, 7) is 25.3. The summed E-state index contributed by atoms with van der Waals surface area (Å²) in [6, 6.07) is 4.37. The van der Waals surface area contributed by atoms with Crippen molar-refractivity contribution in [3.63, 3.8) is 0 Å². The number of benzene rings is 1. The van der Waals surface area contributed by atoms with Crippen LogP contribution in [0.4, 0.5) is 11.4 Å². The number of nitrogens with two attached hydrogens (primary N) is 1. The van der Waals surface area contributed by atoms with Gasteiger partial charge in [0.25, 0.3) is 0 Å². The normalized spacial score (nSPS) is 22.9. The first-order chi connectivity index (χ1) is 18.9. The molecular formula is C31H56N2O8. The number of aliphatic hydroxyl groups excluding tert-OH is 1. The molecule has 0 amide bonds. The van der Waals surface area contributed by atoms with Gasteiger partial charge in [0.15, 0.2) is 44.0 Å². The van der Waals surface area contributed by atoms with Gasteiger partial charge in [-0.2, -0.15) is 0 Å². The second kappa shape index (κ2) is 15.3. The summed E-state index contributed by atoms with van der Waals surface area (Å²) in [5, 5.41) is 9.30. The van der Waals surface area contributed by atoms with Crippen molar-refractivity contribution in [2.75, 3.05) is 10.6 Å². The molecule has 1 heterocycles. The Hall–Kier alpha value is -1.50. The lowest BCUT2D eigenvalue weighted by molar-refractivity contribution is -0.339. The van der Waals surface area contributed by atoms with Crippen LogP contribution in [0.15, 0.2) is 12.1 Å². The van der Waals surface area contributed by atoms with Crippen molar-refractivity contribution in [1.29, 1.82) is 0 Å². The van der Waals surface area contributed by atoms with E-state index >= 15 is 0 Å². The van der Waals surface area contributed by atoms with E-state index in [1.165, 1.54) is 12.5 Å². The highest BCUT2D eigenvalue weighted by Gasteiger charge is 2.42. The lowest BCUT2D eigenvalue weighted by Crippen LogP contribution is -2.57. The Bertz CT molecular complexity index is 943. The first kappa shape index (κ1) is 35.7. The molecule has 0 radical (unpaired) electrons. The number of hydrogen-bond acceptors (Lipinski definition) is 10. The van der Waals surface area contributed by atoms with Gasteiger partial charge in [0, 0.05) is 16.9 Å². The fourth-order valence-electron chi connectivity index (χ4n) is 5.51. The molecule has 9 unspecified atom stereocenters. The minimum atomic E-state index is -0.932. The van der Waals surface area contributed by atoms with Gasteiger partial charge < -0.3 is 48.9 Å². The van der Waals surface area contributed by atoms with Gasteiger partial charge in [0.1, 0.15) is 6.23 Å². The maximum absolute atomic E-state index is 9.30. The third kappa shape index (κ3) is 10.3.